The Kier molecular flexibility index (Phi) is 5.20. The van der Waals surface area contributed by atoms with E-state index in [4.69, 9.17) is 27.7 Å². The largest absolute Gasteiger partial charge is 0.361 e. The molecule has 0 fully saturated rings. The summed E-state index contributed by atoms with van der Waals surface area (Å²) in [5.41, 5.74) is 2.56. The number of hydrogen-bond donors (Lipinski definition) is 0. The van der Waals surface area contributed by atoms with E-state index in [0.717, 1.165) is 27.9 Å². The molecule has 2 heterocycles. The molecule has 0 radical (unpaired) electrons. The first-order valence-corrected chi connectivity index (χ1v) is 9.87. The number of halogens is 2. The maximum Gasteiger partial charge on any atom is 0.196 e. The summed E-state index contributed by atoms with van der Waals surface area (Å²) in [7, 11) is 0. The first-order valence-electron chi connectivity index (χ1n) is 8.13. The van der Waals surface area contributed by atoms with Crippen LogP contribution in [0.15, 0.2) is 64.3 Å². The molecule has 0 aliphatic rings. The second-order valence-corrected chi connectivity index (χ2v) is 7.61. The van der Waals surface area contributed by atoms with Crippen molar-refractivity contribution in [2.75, 3.05) is 0 Å². The van der Waals surface area contributed by atoms with E-state index in [0.29, 0.717) is 21.6 Å². The van der Waals surface area contributed by atoms with Crippen LogP contribution < -0.4 is 0 Å². The monoisotopic (exact) mass is 416 g/mol. The Hall–Kier alpha value is -2.28. The molecule has 2 aromatic carbocycles. The zero-order valence-electron chi connectivity index (χ0n) is 14.3. The number of benzene rings is 2. The third kappa shape index (κ3) is 3.88. The fourth-order valence-corrected chi connectivity index (χ4v) is 3.97. The molecule has 0 N–H and O–H groups in total. The van der Waals surface area contributed by atoms with E-state index in [-0.39, 0.29) is 0 Å². The third-order valence-corrected chi connectivity index (χ3v) is 5.36. The number of aromatic nitrogens is 4. The van der Waals surface area contributed by atoms with Gasteiger partial charge in [-0.3, -0.25) is 4.57 Å². The Morgan fingerprint density at radius 2 is 1.85 bits per heavy atom. The van der Waals surface area contributed by atoms with Crippen LogP contribution in [0.4, 0.5) is 0 Å². The number of rotatable bonds is 5. The lowest BCUT2D eigenvalue weighted by Gasteiger charge is -2.11. The third-order valence-electron chi connectivity index (χ3n) is 3.85. The molecule has 27 heavy (non-hydrogen) atoms. The van der Waals surface area contributed by atoms with Crippen molar-refractivity contribution in [1.82, 2.24) is 19.9 Å². The van der Waals surface area contributed by atoms with Gasteiger partial charge in [0.05, 0.1) is 10.7 Å². The molecule has 0 spiro atoms. The number of nitrogens with zero attached hydrogens (tertiary/aromatic N) is 4. The maximum atomic E-state index is 6.41. The van der Waals surface area contributed by atoms with Crippen LogP contribution in [0.2, 0.25) is 10.0 Å². The van der Waals surface area contributed by atoms with Crippen LogP contribution in [0.5, 0.6) is 0 Å². The van der Waals surface area contributed by atoms with Crippen LogP contribution in [0.25, 0.3) is 17.1 Å². The topological polar surface area (TPSA) is 56.7 Å². The van der Waals surface area contributed by atoms with Crippen molar-refractivity contribution in [3.05, 3.63) is 76.1 Å². The van der Waals surface area contributed by atoms with Crippen molar-refractivity contribution >= 4 is 35.0 Å². The molecule has 0 saturated carbocycles. The van der Waals surface area contributed by atoms with Crippen molar-refractivity contribution in [2.24, 2.45) is 0 Å². The molecular weight excluding hydrogens is 403 g/mol. The van der Waals surface area contributed by atoms with Crippen molar-refractivity contribution in [3.63, 3.8) is 0 Å². The van der Waals surface area contributed by atoms with E-state index >= 15 is 0 Å². The zero-order valence-corrected chi connectivity index (χ0v) is 16.6. The Morgan fingerprint density at radius 3 is 2.56 bits per heavy atom. The number of hydrogen-bond acceptors (Lipinski definition) is 5. The Morgan fingerprint density at radius 1 is 1.04 bits per heavy atom. The molecule has 5 nitrogen and oxygen atoms in total. The summed E-state index contributed by atoms with van der Waals surface area (Å²) in [6.45, 7) is 1.87. The highest BCUT2D eigenvalue weighted by molar-refractivity contribution is 7.98. The summed E-state index contributed by atoms with van der Waals surface area (Å²) in [5, 5.41) is 14.6. The van der Waals surface area contributed by atoms with Gasteiger partial charge in [-0.1, -0.05) is 58.3 Å². The number of thioether (sulfide) groups is 1. The van der Waals surface area contributed by atoms with E-state index in [1.807, 2.05) is 54.0 Å². The molecule has 0 aliphatic carbocycles. The summed E-state index contributed by atoms with van der Waals surface area (Å²) in [6, 6.07) is 17.2. The summed E-state index contributed by atoms with van der Waals surface area (Å²) in [4.78, 5) is 0. The van der Waals surface area contributed by atoms with Crippen LogP contribution in [-0.2, 0) is 5.75 Å². The average molecular weight is 417 g/mol. The molecule has 4 rings (SSSR count). The van der Waals surface area contributed by atoms with E-state index in [2.05, 4.69) is 15.4 Å². The molecular formula is C19H14Cl2N4OS. The lowest BCUT2D eigenvalue weighted by Crippen LogP contribution is -2.00. The lowest BCUT2D eigenvalue weighted by atomic mass is 10.2. The summed E-state index contributed by atoms with van der Waals surface area (Å²) in [5.74, 6) is 2.06. The molecule has 2 aromatic heterocycles. The van der Waals surface area contributed by atoms with Gasteiger partial charge in [-0.25, -0.2) is 0 Å². The van der Waals surface area contributed by atoms with E-state index in [1.54, 1.807) is 12.1 Å². The summed E-state index contributed by atoms with van der Waals surface area (Å²) >= 11 is 14.0. The van der Waals surface area contributed by atoms with Crippen LogP contribution in [-0.4, -0.2) is 19.9 Å². The number of para-hydroxylation sites is 1. The van der Waals surface area contributed by atoms with Gasteiger partial charge < -0.3 is 4.52 Å². The highest BCUT2D eigenvalue weighted by Gasteiger charge is 2.18. The smallest absolute Gasteiger partial charge is 0.196 e. The number of aryl methyl sites for hydroxylation is 1. The standard InChI is InChI=1S/C19H14Cl2N4OS/c1-12-9-14(24-26-12)11-27-19-23-22-18(16-8-7-13(20)10-17(16)21)25(19)15-5-3-2-4-6-15/h2-10H,11H2,1H3. The Labute approximate surface area is 170 Å². The second kappa shape index (κ2) is 7.76. The van der Waals surface area contributed by atoms with Gasteiger partial charge in [0.15, 0.2) is 11.0 Å². The minimum absolute atomic E-state index is 0.524. The van der Waals surface area contributed by atoms with Gasteiger partial charge in [-0.05, 0) is 37.3 Å². The van der Waals surface area contributed by atoms with Gasteiger partial charge in [0.25, 0.3) is 0 Å². The zero-order chi connectivity index (χ0) is 18.8. The summed E-state index contributed by atoms with van der Waals surface area (Å²) < 4.78 is 7.11. The fraction of sp³-hybridized carbons (Fsp3) is 0.105. The lowest BCUT2D eigenvalue weighted by molar-refractivity contribution is 0.393. The van der Waals surface area contributed by atoms with Gasteiger partial charge in [0.1, 0.15) is 5.76 Å². The minimum atomic E-state index is 0.524. The Bertz CT molecular complexity index is 1080. The van der Waals surface area contributed by atoms with Gasteiger partial charge in [0.2, 0.25) is 0 Å². The molecule has 0 unspecified atom stereocenters. The van der Waals surface area contributed by atoms with Crippen molar-refractivity contribution in [2.45, 2.75) is 17.8 Å². The first-order chi connectivity index (χ1) is 13.1. The summed E-state index contributed by atoms with van der Waals surface area (Å²) in [6.07, 6.45) is 0. The normalized spacial score (nSPS) is 11.1. The van der Waals surface area contributed by atoms with E-state index < -0.39 is 0 Å². The first kappa shape index (κ1) is 18.1. The van der Waals surface area contributed by atoms with Gasteiger partial charge in [-0.2, -0.15) is 0 Å². The van der Waals surface area contributed by atoms with Crippen LogP contribution >= 0.6 is 35.0 Å². The van der Waals surface area contributed by atoms with Gasteiger partial charge in [0, 0.05) is 28.1 Å². The molecule has 136 valence electrons. The average Bonchev–Trinajstić information content (AvgIpc) is 3.27. The van der Waals surface area contributed by atoms with Crippen molar-refractivity contribution in [1.29, 1.82) is 0 Å². The van der Waals surface area contributed by atoms with Crippen molar-refractivity contribution in [3.8, 4) is 17.1 Å². The molecule has 0 bridgehead atoms. The second-order valence-electron chi connectivity index (χ2n) is 5.82. The quantitative estimate of drug-likeness (QED) is 0.383. The molecule has 8 heteroatoms. The molecule has 0 atom stereocenters. The van der Waals surface area contributed by atoms with Crippen LogP contribution in [0, 0.1) is 6.92 Å². The van der Waals surface area contributed by atoms with Gasteiger partial charge in [-0.15, -0.1) is 10.2 Å². The van der Waals surface area contributed by atoms with Crippen LogP contribution in [0.1, 0.15) is 11.5 Å². The van der Waals surface area contributed by atoms with Gasteiger partial charge >= 0.3 is 0 Å². The Balaban J connectivity index is 1.76. The molecule has 4 aromatic rings. The predicted octanol–water partition coefficient (Wildman–Crippen LogP) is 5.83. The molecule has 0 aliphatic heterocycles. The van der Waals surface area contributed by atoms with E-state index in [1.165, 1.54) is 11.8 Å². The molecule has 0 amide bonds. The van der Waals surface area contributed by atoms with Crippen LogP contribution in [0.3, 0.4) is 0 Å². The maximum absolute atomic E-state index is 6.41. The predicted molar refractivity (Wildman–Crippen MR) is 108 cm³/mol. The minimum Gasteiger partial charge on any atom is -0.361 e. The van der Waals surface area contributed by atoms with Crippen molar-refractivity contribution < 1.29 is 4.52 Å². The fourth-order valence-electron chi connectivity index (χ4n) is 2.64. The van der Waals surface area contributed by atoms with E-state index in [9.17, 15) is 0 Å². The molecule has 0 saturated heterocycles. The highest BCUT2D eigenvalue weighted by Crippen LogP contribution is 2.34. The highest BCUT2D eigenvalue weighted by atomic mass is 35.5. The SMILES string of the molecule is Cc1cc(CSc2nnc(-c3ccc(Cl)cc3Cl)n2-c2ccccc2)no1.